The summed E-state index contributed by atoms with van der Waals surface area (Å²) in [6.45, 7) is 8.29. The molecule has 0 amide bonds. The number of ether oxygens (including phenoxy) is 1. The van der Waals surface area contributed by atoms with Crippen molar-refractivity contribution >= 4 is 11.3 Å². The quantitative estimate of drug-likeness (QED) is 0.722. The fourth-order valence-corrected chi connectivity index (χ4v) is 2.25. The number of rotatable bonds is 8. The monoisotopic (exact) mass is 255 g/mol. The van der Waals surface area contributed by atoms with Gasteiger partial charge in [-0.2, -0.15) is 11.3 Å². The lowest BCUT2D eigenvalue weighted by Crippen LogP contribution is -2.40. The molecule has 0 saturated heterocycles. The van der Waals surface area contributed by atoms with Crippen LogP contribution in [0, 0.1) is 0 Å². The molecular formula is C13H21NO2S. The Kier molecular flexibility index (Phi) is 5.85. The van der Waals surface area contributed by atoms with Crippen molar-refractivity contribution in [2.24, 2.45) is 0 Å². The van der Waals surface area contributed by atoms with E-state index in [0.717, 1.165) is 13.1 Å². The minimum absolute atomic E-state index is 0.565. The second-order valence-corrected chi connectivity index (χ2v) is 5.18. The standard InChI is InChI=1S/C13H21NO2S/c1-4-13(2,15)11-14(6-7-16-3)9-12-5-8-17-10-12/h4-5,8,10,15H,1,6-7,9,11H2,2-3H3. The Bertz CT molecular complexity index is 322. The van der Waals surface area contributed by atoms with Gasteiger partial charge in [0.05, 0.1) is 12.2 Å². The van der Waals surface area contributed by atoms with Gasteiger partial charge in [-0.15, -0.1) is 6.58 Å². The van der Waals surface area contributed by atoms with Gasteiger partial charge < -0.3 is 9.84 Å². The molecular weight excluding hydrogens is 234 g/mol. The van der Waals surface area contributed by atoms with Gasteiger partial charge in [-0.3, -0.25) is 4.90 Å². The summed E-state index contributed by atoms with van der Waals surface area (Å²) >= 11 is 1.69. The Balaban J connectivity index is 2.57. The maximum atomic E-state index is 10.0. The third-order valence-electron chi connectivity index (χ3n) is 2.58. The molecule has 0 aliphatic rings. The molecule has 0 saturated carbocycles. The molecule has 1 unspecified atom stereocenters. The minimum atomic E-state index is -0.857. The lowest BCUT2D eigenvalue weighted by Gasteiger charge is -2.29. The highest BCUT2D eigenvalue weighted by Gasteiger charge is 2.20. The topological polar surface area (TPSA) is 32.7 Å². The van der Waals surface area contributed by atoms with Crippen molar-refractivity contribution in [3.05, 3.63) is 35.0 Å². The molecule has 0 aromatic carbocycles. The summed E-state index contributed by atoms with van der Waals surface area (Å²) in [5.41, 5.74) is 0.412. The molecule has 1 N–H and O–H groups in total. The number of nitrogens with zero attached hydrogens (tertiary/aromatic N) is 1. The highest BCUT2D eigenvalue weighted by atomic mass is 32.1. The molecule has 0 aliphatic heterocycles. The van der Waals surface area contributed by atoms with E-state index in [1.54, 1.807) is 31.4 Å². The first kappa shape index (κ1) is 14.4. The summed E-state index contributed by atoms with van der Waals surface area (Å²) in [4.78, 5) is 2.17. The summed E-state index contributed by atoms with van der Waals surface area (Å²) in [6, 6.07) is 2.10. The molecule has 1 aromatic rings. The fourth-order valence-electron chi connectivity index (χ4n) is 1.59. The predicted molar refractivity (Wildman–Crippen MR) is 72.3 cm³/mol. The average Bonchev–Trinajstić information content (AvgIpc) is 2.78. The van der Waals surface area contributed by atoms with Crippen molar-refractivity contribution in [3.63, 3.8) is 0 Å². The van der Waals surface area contributed by atoms with Crippen LogP contribution < -0.4 is 0 Å². The summed E-state index contributed by atoms with van der Waals surface area (Å²) < 4.78 is 5.09. The molecule has 17 heavy (non-hydrogen) atoms. The SMILES string of the molecule is C=CC(C)(O)CN(CCOC)Cc1ccsc1. The van der Waals surface area contributed by atoms with E-state index < -0.39 is 5.60 Å². The maximum absolute atomic E-state index is 10.0. The Morgan fingerprint density at radius 2 is 2.41 bits per heavy atom. The first-order chi connectivity index (χ1) is 8.07. The van der Waals surface area contributed by atoms with E-state index in [-0.39, 0.29) is 0 Å². The first-order valence-electron chi connectivity index (χ1n) is 5.66. The third kappa shape index (κ3) is 5.46. The Morgan fingerprint density at radius 3 is 2.94 bits per heavy atom. The van der Waals surface area contributed by atoms with E-state index in [0.29, 0.717) is 13.2 Å². The molecule has 0 fully saturated rings. The van der Waals surface area contributed by atoms with Gasteiger partial charge in [0.1, 0.15) is 0 Å². The molecule has 0 bridgehead atoms. The second kappa shape index (κ2) is 6.91. The van der Waals surface area contributed by atoms with Crippen LogP contribution in [0.1, 0.15) is 12.5 Å². The average molecular weight is 255 g/mol. The normalized spacial score (nSPS) is 14.8. The van der Waals surface area contributed by atoms with E-state index in [9.17, 15) is 5.11 Å². The van der Waals surface area contributed by atoms with Crippen LogP contribution in [0.2, 0.25) is 0 Å². The molecule has 4 heteroatoms. The molecule has 96 valence electrons. The van der Waals surface area contributed by atoms with E-state index in [1.807, 2.05) is 0 Å². The lowest BCUT2D eigenvalue weighted by atomic mass is 10.1. The minimum Gasteiger partial charge on any atom is -0.385 e. The van der Waals surface area contributed by atoms with Gasteiger partial charge in [0.2, 0.25) is 0 Å². The van der Waals surface area contributed by atoms with Gasteiger partial charge in [-0.25, -0.2) is 0 Å². The molecule has 1 rings (SSSR count). The zero-order valence-corrected chi connectivity index (χ0v) is 11.4. The molecule has 1 heterocycles. The van der Waals surface area contributed by atoms with E-state index in [1.165, 1.54) is 5.56 Å². The lowest BCUT2D eigenvalue weighted by molar-refractivity contribution is 0.0466. The number of aliphatic hydroxyl groups is 1. The molecule has 0 aliphatic carbocycles. The largest absolute Gasteiger partial charge is 0.385 e. The van der Waals surface area contributed by atoms with Crippen molar-refractivity contribution in [2.45, 2.75) is 19.1 Å². The van der Waals surface area contributed by atoms with Crippen LogP contribution in [-0.4, -0.2) is 42.4 Å². The van der Waals surface area contributed by atoms with Crippen LogP contribution in [-0.2, 0) is 11.3 Å². The second-order valence-electron chi connectivity index (χ2n) is 4.40. The van der Waals surface area contributed by atoms with Crippen LogP contribution in [0.4, 0.5) is 0 Å². The smallest absolute Gasteiger partial charge is 0.0923 e. The highest BCUT2D eigenvalue weighted by molar-refractivity contribution is 7.07. The zero-order chi connectivity index (χ0) is 12.7. The molecule has 1 atom stereocenters. The summed E-state index contributed by atoms with van der Waals surface area (Å²) in [5.74, 6) is 0. The van der Waals surface area contributed by atoms with Gasteiger partial charge in [0, 0.05) is 26.7 Å². The predicted octanol–water partition coefficient (Wildman–Crippen LogP) is 2.13. The molecule has 0 radical (unpaired) electrons. The molecule has 1 aromatic heterocycles. The van der Waals surface area contributed by atoms with E-state index in [4.69, 9.17) is 4.74 Å². The summed E-state index contributed by atoms with van der Waals surface area (Å²) in [5, 5.41) is 14.2. The van der Waals surface area contributed by atoms with Gasteiger partial charge in [-0.1, -0.05) is 6.08 Å². The Morgan fingerprint density at radius 1 is 1.65 bits per heavy atom. The summed E-state index contributed by atoms with van der Waals surface area (Å²) in [6.07, 6.45) is 1.58. The van der Waals surface area contributed by atoms with Crippen molar-refractivity contribution < 1.29 is 9.84 Å². The van der Waals surface area contributed by atoms with Crippen molar-refractivity contribution in [1.82, 2.24) is 4.90 Å². The fraction of sp³-hybridized carbons (Fsp3) is 0.538. The van der Waals surface area contributed by atoms with Crippen LogP contribution >= 0.6 is 11.3 Å². The van der Waals surface area contributed by atoms with Crippen LogP contribution in [0.5, 0.6) is 0 Å². The zero-order valence-electron chi connectivity index (χ0n) is 10.6. The van der Waals surface area contributed by atoms with Gasteiger partial charge in [0.15, 0.2) is 0 Å². The van der Waals surface area contributed by atoms with Crippen LogP contribution in [0.3, 0.4) is 0 Å². The van der Waals surface area contributed by atoms with Gasteiger partial charge in [0.25, 0.3) is 0 Å². The molecule has 0 spiro atoms. The number of methoxy groups -OCH3 is 1. The van der Waals surface area contributed by atoms with Crippen molar-refractivity contribution in [1.29, 1.82) is 0 Å². The molecule has 3 nitrogen and oxygen atoms in total. The van der Waals surface area contributed by atoms with E-state index in [2.05, 4.69) is 28.3 Å². The Labute approximate surface area is 107 Å². The Hall–Kier alpha value is -0.680. The third-order valence-corrected chi connectivity index (χ3v) is 3.31. The maximum Gasteiger partial charge on any atom is 0.0923 e. The van der Waals surface area contributed by atoms with Crippen LogP contribution in [0.25, 0.3) is 0 Å². The van der Waals surface area contributed by atoms with Crippen molar-refractivity contribution in [2.75, 3.05) is 26.8 Å². The number of hydrogen-bond donors (Lipinski definition) is 1. The number of thiophene rings is 1. The van der Waals surface area contributed by atoms with Gasteiger partial charge in [-0.05, 0) is 29.3 Å². The van der Waals surface area contributed by atoms with Crippen LogP contribution in [0.15, 0.2) is 29.5 Å². The number of hydrogen-bond acceptors (Lipinski definition) is 4. The highest BCUT2D eigenvalue weighted by Crippen LogP contribution is 2.13. The van der Waals surface area contributed by atoms with E-state index >= 15 is 0 Å². The van der Waals surface area contributed by atoms with Crippen molar-refractivity contribution in [3.8, 4) is 0 Å². The first-order valence-corrected chi connectivity index (χ1v) is 6.60. The summed E-state index contributed by atoms with van der Waals surface area (Å²) in [7, 11) is 1.69. The van der Waals surface area contributed by atoms with Gasteiger partial charge >= 0.3 is 0 Å².